The predicted molar refractivity (Wildman–Crippen MR) is 138 cm³/mol. The van der Waals surface area contributed by atoms with E-state index >= 15 is 0 Å². The number of aliphatic hydroxyl groups excluding tert-OH is 2. The van der Waals surface area contributed by atoms with Crippen LogP contribution in [0.5, 0.6) is 5.75 Å². The molecule has 1 aliphatic heterocycles. The fraction of sp³-hybridized carbons (Fsp3) is 0.519. The molecule has 0 bridgehead atoms. The number of aromatic hydroxyl groups is 1. The van der Waals surface area contributed by atoms with Crippen LogP contribution in [0.15, 0.2) is 23.0 Å². The first-order valence-electron chi connectivity index (χ1n) is 12.6. The molecule has 37 heavy (non-hydrogen) atoms. The van der Waals surface area contributed by atoms with E-state index in [9.17, 15) is 34.8 Å². The summed E-state index contributed by atoms with van der Waals surface area (Å²) in [7, 11) is 0. The van der Waals surface area contributed by atoms with Crippen LogP contribution in [0.4, 0.5) is 0 Å². The Balaban J connectivity index is 1.65. The molecule has 1 saturated carbocycles. The van der Waals surface area contributed by atoms with Crippen molar-refractivity contribution in [1.82, 2.24) is 4.90 Å². The molecule has 6 N–H and O–H groups in total. The Morgan fingerprint density at radius 3 is 2.49 bits per heavy atom. The number of nitrogens with zero attached hydrogens (tertiary/aromatic N) is 1. The van der Waals surface area contributed by atoms with Crippen LogP contribution in [0.3, 0.4) is 0 Å². The molecule has 0 spiro atoms. The first-order valence-corrected chi connectivity index (χ1v) is 14.0. The van der Waals surface area contributed by atoms with E-state index in [2.05, 4.69) is 4.90 Å². The number of rotatable bonds is 5. The lowest BCUT2D eigenvalue weighted by atomic mass is 9.59. The van der Waals surface area contributed by atoms with Gasteiger partial charge in [0.15, 0.2) is 11.4 Å². The summed E-state index contributed by atoms with van der Waals surface area (Å²) in [4.78, 5) is 40.4. The van der Waals surface area contributed by atoms with Gasteiger partial charge in [-0.25, -0.2) is 0 Å². The van der Waals surface area contributed by atoms with Crippen molar-refractivity contribution in [3.8, 4) is 5.75 Å². The highest BCUT2D eigenvalue weighted by molar-refractivity contribution is 7.97. The minimum absolute atomic E-state index is 0.100. The lowest BCUT2D eigenvalue weighted by molar-refractivity contribution is -0.147. The highest BCUT2D eigenvalue weighted by Crippen LogP contribution is 2.53. The van der Waals surface area contributed by atoms with Crippen LogP contribution in [0.2, 0.25) is 0 Å². The van der Waals surface area contributed by atoms with Gasteiger partial charge in [0.05, 0.1) is 5.56 Å². The van der Waals surface area contributed by atoms with Gasteiger partial charge in [0.1, 0.15) is 22.8 Å². The third kappa shape index (κ3) is 3.97. The summed E-state index contributed by atoms with van der Waals surface area (Å²) >= 11 is 1.52. The number of benzene rings is 1. The van der Waals surface area contributed by atoms with Crippen LogP contribution in [0.25, 0.3) is 5.76 Å². The van der Waals surface area contributed by atoms with Gasteiger partial charge in [-0.1, -0.05) is 6.42 Å². The molecule has 2 fully saturated rings. The van der Waals surface area contributed by atoms with Gasteiger partial charge < -0.3 is 26.2 Å². The van der Waals surface area contributed by atoms with Crippen molar-refractivity contribution >= 4 is 35.0 Å². The molecule has 10 heteroatoms. The lowest BCUT2D eigenvalue weighted by Crippen LogP contribution is -2.58. The summed E-state index contributed by atoms with van der Waals surface area (Å²) in [6.07, 6.45) is 5.49. The first kappa shape index (κ1) is 25.8. The number of phenolic OH excluding ortho intramolecular Hbond substituents is 1. The maximum Gasteiger partial charge on any atom is 0.255 e. The molecule has 3 aliphatic carbocycles. The van der Waals surface area contributed by atoms with Crippen molar-refractivity contribution in [3.63, 3.8) is 0 Å². The molecule has 0 aromatic heterocycles. The van der Waals surface area contributed by atoms with Crippen molar-refractivity contribution in [2.75, 3.05) is 19.3 Å². The van der Waals surface area contributed by atoms with Gasteiger partial charge in [-0.3, -0.25) is 19.3 Å². The molecule has 1 saturated heterocycles. The minimum atomic E-state index is -2.54. The van der Waals surface area contributed by atoms with Crippen molar-refractivity contribution in [3.05, 3.63) is 45.2 Å². The Morgan fingerprint density at radius 1 is 1.14 bits per heavy atom. The second-order valence-electron chi connectivity index (χ2n) is 10.6. The number of aliphatic hydroxyl groups is 3. The Kier molecular flexibility index (Phi) is 6.62. The standard InChI is InChI=1S/C27H32N2O7S/c1-37-12-15-7-14(11-29-5-3-2-4-6-29)17-9-13-8-16-10-18(30)21(26(28)35)25(34)27(16,36)24(33)19(13)23(32)20(17)22(15)31/h7,13,16,31-32,34,36H,2-6,8-12H2,1H3,(H2,28,35)/t13-,16+,27+/m1/s1. The van der Waals surface area contributed by atoms with E-state index in [1.165, 1.54) is 18.2 Å². The molecule has 9 nitrogen and oxygen atoms in total. The van der Waals surface area contributed by atoms with E-state index in [4.69, 9.17) is 5.73 Å². The molecule has 5 rings (SSSR count). The maximum atomic E-state index is 13.7. The van der Waals surface area contributed by atoms with E-state index in [0.29, 0.717) is 24.3 Å². The number of amides is 1. The smallest absolute Gasteiger partial charge is 0.255 e. The summed E-state index contributed by atoms with van der Waals surface area (Å²) in [6.45, 7) is 2.59. The molecule has 1 aromatic carbocycles. The summed E-state index contributed by atoms with van der Waals surface area (Å²) in [5, 5.41) is 44.8. The molecule has 1 heterocycles. The maximum absolute atomic E-state index is 13.7. The summed E-state index contributed by atoms with van der Waals surface area (Å²) in [6, 6.07) is 1.98. The topological polar surface area (TPSA) is 161 Å². The van der Waals surface area contributed by atoms with Gasteiger partial charge >= 0.3 is 0 Å². The van der Waals surface area contributed by atoms with Crippen LogP contribution in [-0.4, -0.2) is 67.7 Å². The first-order chi connectivity index (χ1) is 17.6. The highest BCUT2D eigenvalue weighted by Gasteiger charge is 2.60. The van der Waals surface area contributed by atoms with Crippen LogP contribution < -0.4 is 5.73 Å². The van der Waals surface area contributed by atoms with Crippen molar-refractivity contribution in [2.24, 2.45) is 17.6 Å². The predicted octanol–water partition coefficient (Wildman–Crippen LogP) is 2.27. The van der Waals surface area contributed by atoms with Crippen LogP contribution in [0, 0.1) is 11.8 Å². The van der Waals surface area contributed by atoms with Crippen molar-refractivity contribution in [2.45, 2.75) is 56.4 Å². The third-order valence-corrected chi connectivity index (χ3v) is 8.98. The number of nitrogens with two attached hydrogens (primary N) is 1. The number of Topliss-reactive ketones (excluding diaryl/α,β-unsaturated/α-hetero) is 2. The average Bonchev–Trinajstić information content (AvgIpc) is 2.84. The van der Waals surface area contributed by atoms with Gasteiger partial charge in [0.25, 0.3) is 5.91 Å². The number of piperidine rings is 1. The zero-order valence-electron chi connectivity index (χ0n) is 20.7. The molecule has 1 amide bonds. The molecule has 198 valence electrons. The Bertz CT molecular complexity index is 1260. The molecular formula is C27H32N2O7S. The van der Waals surface area contributed by atoms with Crippen molar-refractivity contribution < 1.29 is 34.8 Å². The van der Waals surface area contributed by atoms with E-state index < -0.39 is 52.0 Å². The highest BCUT2D eigenvalue weighted by atomic mass is 32.2. The number of carbonyl (C=O) groups is 3. The number of carbonyl (C=O) groups excluding carboxylic acids is 3. The van der Waals surface area contributed by atoms with Gasteiger partial charge in [-0.15, -0.1) is 0 Å². The van der Waals surface area contributed by atoms with Gasteiger partial charge in [-0.05, 0) is 68.1 Å². The zero-order chi connectivity index (χ0) is 26.6. The van der Waals surface area contributed by atoms with E-state index in [0.717, 1.165) is 37.1 Å². The SMILES string of the molecule is CSCc1cc(CN2CCCCC2)c2c(c1O)C(O)=C1C(=O)[C@]3(O)C(O)=C(C(N)=O)C(=O)C[C@@H]3C[C@@H]1C2. The van der Waals surface area contributed by atoms with E-state index in [-0.39, 0.29) is 29.7 Å². The molecule has 4 aliphatic rings. The van der Waals surface area contributed by atoms with Crippen LogP contribution in [-0.2, 0) is 33.1 Å². The summed E-state index contributed by atoms with van der Waals surface area (Å²) < 4.78 is 0. The summed E-state index contributed by atoms with van der Waals surface area (Å²) in [5.74, 6) is -5.47. The second-order valence-corrected chi connectivity index (χ2v) is 11.4. The van der Waals surface area contributed by atoms with E-state index in [1.807, 2.05) is 12.3 Å². The Labute approximate surface area is 219 Å². The fourth-order valence-electron chi connectivity index (χ4n) is 6.59. The van der Waals surface area contributed by atoms with Gasteiger partial charge in [0.2, 0.25) is 5.78 Å². The monoisotopic (exact) mass is 528 g/mol. The number of phenols is 1. The number of fused-ring (bicyclic) bond motifs is 3. The van der Waals surface area contributed by atoms with Gasteiger partial charge in [0, 0.05) is 35.8 Å². The second kappa shape index (κ2) is 9.49. The number of likely N-dealkylation sites (tertiary alicyclic amines) is 1. The minimum Gasteiger partial charge on any atom is -0.508 e. The van der Waals surface area contributed by atoms with Gasteiger partial charge in [-0.2, -0.15) is 11.8 Å². The molecular weight excluding hydrogens is 496 g/mol. The Morgan fingerprint density at radius 2 is 1.84 bits per heavy atom. The average molecular weight is 529 g/mol. The summed E-state index contributed by atoms with van der Waals surface area (Å²) in [5.41, 5.74) is 4.40. The third-order valence-electron chi connectivity index (χ3n) is 8.38. The van der Waals surface area contributed by atoms with Crippen molar-refractivity contribution in [1.29, 1.82) is 0 Å². The lowest BCUT2D eigenvalue weighted by Gasteiger charge is -2.46. The number of thioether (sulfide) groups is 1. The van der Waals surface area contributed by atoms with Crippen LogP contribution in [0.1, 0.15) is 54.4 Å². The molecule has 0 radical (unpaired) electrons. The molecule has 1 aromatic rings. The van der Waals surface area contributed by atoms with E-state index in [1.54, 1.807) is 0 Å². The van der Waals surface area contributed by atoms with Crippen LogP contribution >= 0.6 is 11.8 Å². The largest absolute Gasteiger partial charge is 0.508 e. The Hall–Kier alpha value is -2.82. The quantitative estimate of drug-likeness (QED) is 0.361. The fourth-order valence-corrected chi connectivity index (χ4v) is 7.12. The number of ketones is 2. The zero-order valence-corrected chi connectivity index (χ0v) is 21.6. The number of primary amides is 1. The molecule has 3 atom stereocenters. The normalized spacial score (nSPS) is 28.2. The number of hydrogen-bond acceptors (Lipinski definition) is 9. The number of hydrogen-bond donors (Lipinski definition) is 5. The molecule has 0 unspecified atom stereocenters.